The molecule has 0 saturated heterocycles. The molecular weight excluding hydrogens is 148 g/mol. The smallest absolute Gasteiger partial charge is 0.0107 e. The van der Waals surface area contributed by atoms with Crippen molar-refractivity contribution in [1.29, 1.82) is 0 Å². The Morgan fingerprint density at radius 1 is 1.25 bits per heavy atom. The van der Waals surface area contributed by atoms with E-state index in [1.165, 1.54) is 45.4 Å². The summed E-state index contributed by atoms with van der Waals surface area (Å²) in [6.45, 7) is 9.34. The Morgan fingerprint density at radius 3 is 2.50 bits per heavy atom. The first-order valence-electron chi connectivity index (χ1n) is 5.32. The number of hydrogen-bond donors (Lipinski definition) is 1. The molecule has 12 heavy (non-hydrogen) atoms. The molecule has 0 aromatic rings. The van der Waals surface area contributed by atoms with Crippen molar-refractivity contribution in [2.75, 3.05) is 26.2 Å². The van der Waals surface area contributed by atoms with Gasteiger partial charge in [0, 0.05) is 19.1 Å². The Morgan fingerprint density at radius 2 is 2.00 bits per heavy atom. The molecule has 1 fully saturated rings. The number of likely N-dealkylation sites (N-methyl/N-ethyl adjacent to an activating group) is 1. The fraction of sp³-hybridized carbons (Fsp3) is 1.00. The monoisotopic (exact) mass is 170 g/mol. The lowest BCUT2D eigenvalue weighted by atomic mass is 10.4. The molecule has 0 amide bonds. The number of nitrogens with zero attached hydrogens (tertiary/aromatic N) is 1. The largest absolute Gasteiger partial charge is 0.313 e. The standard InChI is InChI=1S/C10H22N2/c1-3-8-12(4-2)9-7-11-10-5-6-10/h10-11H,3-9H2,1-2H3. The van der Waals surface area contributed by atoms with Crippen LogP contribution in [0.15, 0.2) is 0 Å². The maximum atomic E-state index is 3.54. The molecule has 0 aliphatic heterocycles. The fourth-order valence-corrected chi connectivity index (χ4v) is 1.46. The van der Waals surface area contributed by atoms with E-state index in [4.69, 9.17) is 0 Å². The van der Waals surface area contributed by atoms with Crippen LogP contribution in [0.5, 0.6) is 0 Å². The normalized spacial score (nSPS) is 17.2. The van der Waals surface area contributed by atoms with Crippen molar-refractivity contribution in [2.24, 2.45) is 0 Å². The first-order valence-corrected chi connectivity index (χ1v) is 5.32. The van der Waals surface area contributed by atoms with Crippen LogP contribution in [0.4, 0.5) is 0 Å². The molecule has 0 aromatic carbocycles. The van der Waals surface area contributed by atoms with Gasteiger partial charge in [-0.3, -0.25) is 0 Å². The molecule has 0 bridgehead atoms. The zero-order valence-electron chi connectivity index (χ0n) is 8.47. The van der Waals surface area contributed by atoms with Crippen LogP contribution in [0.1, 0.15) is 33.1 Å². The molecule has 1 N–H and O–H groups in total. The Balaban J connectivity index is 1.93. The van der Waals surface area contributed by atoms with Gasteiger partial charge in [-0.15, -0.1) is 0 Å². The highest BCUT2D eigenvalue weighted by molar-refractivity contribution is 4.80. The molecule has 0 spiro atoms. The molecular formula is C10H22N2. The van der Waals surface area contributed by atoms with E-state index in [0.29, 0.717) is 0 Å². The topological polar surface area (TPSA) is 15.3 Å². The molecule has 2 heteroatoms. The zero-order valence-corrected chi connectivity index (χ0v) is 8.47. The highest BCUT2D eigenvalue weighted by Gasteiger charge is 2.19. The van der Waals surface area contributed by atoms with Gasteiger partial charge in [0.15, 0.2) is 0 Å². The molecule has 2 nitrogen and oxygen atoms in total. The van der Waals surface area contributed by atoms with E-state index < -0.39 is 0 Å². The van der Waals surface area contributed by atoms with E-state index >= 15 is 0 Å². The molecule has 0 heterocycles. The van der Waals surface area contributed by atoms with E-state index in [9.17, 15) is 0 Å². The predicted molar refractivity (Wildman–Crippen MR) is 53.4 cm³/mol. The highest BCUT2D eigenvalue weighted by Crippen LogP contribution is 2.17. The zero-order chi connectivity index (χ0) is 8.81. The maximum Gasteiger partial charge on any atom is 0.0107 e. The second-order valence-electron chi connectivity index (χ2n) is 3.66. The van der Waals surface area contributed by atoms with E-state index in [1.54, 1.807) is 0 Å². The molecule has 1 aliphatic rings. The van der Waals surface area contributed by atoms with E-state index in [2.05, 4.69) is 24.1 Å². The van der Waals surface area contributed by atoms with E-state index in [0.717, 1.165) is 6.04 Å². The maximum absolute atomic E-state index is 3.54. The number of rotatable bonds is 7. The van der Waals surface area contributed by atoms with Crippen LogP contribution in [0.25, 0.3) is 0 Å². The van der Waals surface area contributed by atoms with Crippen LogP contribution < -0.4 is 5.32 Å². The van der Waals surface area contributed by atoms with Gasteiger partial charge in [0.2, 0.25) is 0 Å². The molecule has 0 unspecified atom stereocenters. The third-order valence-corrected chi connectivity index (χ3v) is 2.43. The van der Waals surface area contributed by atoms with E-state index in [-0.39, 0.29) is 0 Å². The molecule has 1 aliphatic carbocycles. The van der Waals surface area contributed by atoms with Crippen LogP contribution in [0.2, 0.25) is 0 Å². The minimum absolute atomic E-state index is 0.866. The number of hydrogen-bond acceptors (Lipinski definition) is 2. The lowest BCUT2D eigenvalue weighted by molar-refractivity contribution is 0.287. The van der Waals surface area contributed by atoms with Crippen molar-refractivity contribution >= 4 is 0 Å². The molecule has 1 rings (SSSR count). The Bertz CT molecular complexity index is 110. The molecule has 0 radical (unpaired) electrons. The van der Waals surface area contributed by atoms with Gasteiger partial charge in [-0.2, -0.15) is 0 Å². The summed E-state index contributed by atoms with van der Waals surface area (Å²) in [6.07, 6.45) is 4.08. The first kappa shape index (κ1) is 10.0. The Labute approximate surface area is 76.3 Å². The van der Waals surface area contributed by atoms with Gasteiger partial charge in [0.05, 0.1) is 0 Å². The minimum atomic E-state index is 0.866. The lowest BCUT2D eigenvalue weighted by Crippen LogP contribution is -2.33. The van der Waals surface area contributed by atoms with Gasteiger partial charge in [0.1, 0.15) is 0 Å². The third-order valence-electron chi connectivity index (χ3n) is 2.43. The van der Waals surface area contributed by atoms with Gasteiger partial charge >= 0.3 is 0 Å². The third kappa shape index (κ3) is 4.07. The molecule has 0 aromatic heterocycles. The van der Waals surface area contributed by atoms with Gasteiger partial charge in [-0.05, 0) is 32.4 Å². The summed E-state index contributed by atoms with van der Waals surface area (Å²) in [7, 11) is 0. The van der Waals surface area contributed by atoms with Crippen molar-refractivity contribution in [3.63, 3.8) is 0 Å². The van der Waals surface area contributed by atoms with Crippen molar-refractivity contribution in [1.82, 2.24) is 10.2 Å². The first-order chi connectivity index (χ1) is 5.86. The summed E-state index contributed by atoms with van der Waals surface area (Å²) in [5.74, 6) is 0. The second kappa shape index (κ2) is 5.55. The van der Waals surface area contributed by atoms with Crippen molar-refractivity contribution in [3.05, 3.63) is 0 Å². The Kier molecular flexibility index (Phi) is 4.62. The van der Waals surface area contributed by atoms with Crippen LogP contribution in [0, 0.1) is 0 Å². The fourth-order valence-electron chi connectivity index (χ4n) is 1.46. The van der Waals surface area contributed by atoms with Crippen LogP contribution >= 0.6 is 0 Å². The molecule has 1 saturated carbocycles. The SMILES string of the molecule is CCCN(CC)CCNC1CC1. The Hall–Kier alpha value is -0.0800. The quantitative estimate of drug-likeness (QED) is 0.622. The van der Waals surface area contributed by atoms with Crippen molar-refractivity contribution in [2.45, 2.75) is 39.2 Å². The summed E-state index contributed by atoms with van der Waals surface area (Å²) < 4.78 is 0. The summed E-state index contributed by atoms with van der Waals surface area (Å²) >= 11 is 0. The lowest BCUT2D eigenvalue weighted by Gasteiger charge is -2.19. The molecule has 0 atom stereocenters. The summed E-state index contributed by atoms with van der Waals surface area (Å²) in [5, 5.41) is 3.54. The number of nitrogens with one attached hydrogen (secondary N) is 1. The van der Waals surface area contributed by atoms with Gasteiger partial charge in [0.25, 0.3) is 0 Å². The van der Waals surface area contributed by atoms with Crippen molar-refractivity contribution < 1.29 is 0 Å². The average molecular weight is 170 g/mol. The summed E-state index contributed by atoms with van der Waals surface area (Å²) in [6, 6.07) is 0.866. The van der Waals surface area contributed by atoms with Gasteiger partial charge < -0.3 is 10.2 Å². The summed E-state index contributed by atoms with van der Waals surface area (Å²) in [4.78, 5) is 2.51. The summed E-state index contributed by atoms with van der Waals surface area (Å²) in [5.41, 5.74) is 0. The van der Waals surface area contributed by atoms with Gasteiger partial charge in [-0.1, -0.05) is 13.8 Å². The van der Waals surface area contributed by atoms with E-state index in [1.807, 2.05) is 0 Å². The van der Waals surface area contributed by atoms with Gasteiger partial charge in [-0.25, -0.2) is 0 Å². The predicted octanol–water partition coefficient (Wildman–Crippen LogP) is 1.47. The second-order valence-corrected chi connectivity index (χ2v) is 3.66. The molecule has 72 valence electrons. The average Bonchev–Trinajstić information content (AvgIpc) is 2.87. The van der Waals surface area contributed by atoms with Crippen LogP contribution in [-0.4, -0.2) is 37.1 Å². The van der Waals surface area contributed by atoms with Crippen LogP contribution in [0.3, 0.4) is 0 Å². The highest BCUT2D eigenvalue weighted by atomic mass is 15.1. The van der Waals surface area contributed by atoms with Crippen LogP contribution in [-0.2, 0) is 0 Å². The minimum Gasteiger partial charge on any atom is -0.313 e. The van der Waals surface area contributed by atoms with Crippen molar-refractivity contribution in [3.8, 4) is 0 Å².